The summed E-state index contributed by atoms with van der Waals surface area (Å²) in [5, 5.41) is 20.7. The molecule has 7 nitrogen and oxygen atoms in total. The molecule has 7 heteroatoms. The molecule has 0 fully saturated rings. The van der Waals surface area contributed by atoms with Crippen molar-refractivity contribution in [2.45, 2.75) is 32.6 Å². The monoisotopic (exact) mass is 274 g/mol. The van der Waals surface area contributed by atoms with Gasteiger partial charge in [-0.1, -0.05) is 12.1 Å². The zero-order valence-corrected chi connectivity index (χ0v) is 11.2. The number of nitrogens with zero attached hydrogens (tertiary/aromatic N) is 4. The first-order valence-electron chi connectivity index (χ1n) is 6.22. The van der Waals surface area contributed by atoms with E-state index in [0.717, 1.165) is 16.7 Å². The molecule has 1 aromatic heterocycles. The minimum Gasteiger partial charge on any atom is -0.479 e. The van der Waals surface area contributed by atoms with E-state index in [1.807, 2.05) is 18.2 Å². The number of tetrazole rings is 1. The maximum Gasteiger partial charge on any atom is 0.331 e. The highest BCUT2D eigenvalue weighted by molar-refractivity contribution is 5.76. The molecule has 0 aliphatic carbocycles. The number of ether oxygens (including phenoxy) is 1. The molecule has 0 atom stereocenters. The van der Waals surface area contributed by atoms with Gasteiger partial charge in [0.2, 0.25) is 0 Å². The van der Waals surface area contributed by atoms with Crippen molar-refractivity contribution in [1.82, 2.24) is 20.2 Å². The standard InChI is InChI=1S/C13H14N4O3/c1-13(2,12(18)19)17-11(14-15-16-17)8-3-4-9-6-20-7-10(9)5-8/h3-5H,6-7H2,1-2H3,(H,18,19). The van der Waals surface area contributed by atoms with E-state index in [0.29, 0.717) is 19.0 Å². The summed E-state index contributed by atoms with van der Waals surface area (Å²) >= 11 is 0. The third kappa shape index (κ3) is 1.87. The smallest absolute Gasteiger partial charge is 0.331 e. The van der Waals surface area contributed by atoms with Gasteiger partial charge < -0.3 is 9.84 Å². The molecule has 1 aliphatic heterocycles. The number of hydrogen-bond donors (Lipinski definition) is 1. The Morgan fingerprint density at radius 2 is 2.10 bits per heavy atom. The van der Waals surface area contributed by atoms with Crippen molar-refractivity contribution < 1.29 is 14.6 Å². The maximum atomic E-state index is 11.4. The molecule has 1 N–H and O–H groups in total. The largest absolute Gasteiger partial charge is 0.479 e. The molecule has 2 heterocycles. The Bertz CT molecular complexity index is 678. The van der Waals surface area contributed by atoms with E-state index in [2.05, 4.69) is 15.5 Å². The van der Waals surface area contributed by atoms with Gasteiger partial charge in [0.05, 0.1) is 13.2 Å². The molecule has 3 rings (SSSR count). The summed E-state index contributed by atoms with van der Waals surface area (Å²) in [4.78, 5) is 11.4. The lowest BCUT2D eigenvalue weighted by Crippen LogP contribution is -2.37. The fourth-order valence-electron chi connectivity index (χ4n) is 2.15. The molecule has 0 unspecified atom stereocenters. The summed E-state index contributed by atoms with van der Waals surface area (Å²) in [6.07, 6.45) is 0. The molecule has 20 heavy (non-hydrogen) atoms. The van der Waals surface area contributed by atoms with E-state index in [4.69, 9.17) is 4.74 Å². The zero-order valence-electron chi connectivity index (χ0n) is 11.2. The summed E-state index contributed by atoms with van der Waals surface area (Å²) in [6.45, 7) is 4.30. The lowest BCUT2D eigenvalue weighted by atomic mass is 10.0. The minimum absolute atomic E-state index is 0.437. The van der Waals surface area contributed by atoms with E-state index in [9.17, 15) is 9.90 Å². The Morgan fingerprint density at radius 1 is 1.35 bits per heavy atom. The van der Waals surface area contributed by atoms with Crippen LogP contribution in [0.25, 0.3) is 11.4 Å². The van der Waals surface area contributed by atoms with Gasteiger partial charge in [0.15, 0.2) is 11.4 Å². The molecule has 0 saturated heterocycles. The highest BCUT2D eigenvalue weighted by atomic mass is 16.5. The molecule has 104 valence electrons. The first kappa shape index (κ1) is 12.7. The van der Waals surface area contributed by atoms with Crippen LogP contribution in [-0.4, -0.2) is 31.3 Å². The first-order chi connectivity index (χ1) is 9.50. The molecule has 0 spiro atoms. The zero-order chi connectivity index (χ0) is 14.3. The number of hydrogen-bond acceptors (Lipinski definition) is 5. The molecule has 0 amide bonds. The van der Waals surface area contributed by atoms with Gasteiger partial charge in [0.25, 0.3) is 0 Å². The van der Waals surface area contributed by atoms with E-state index >= 15 is 0 Å². The summed E-state index contributed by atoms with van der Waals surface area (Å²) in [5.74, 6) is -0.553. The maximum absolute atomic E-state index is 11.4. The van der Waals surface area contributed by atoms with Crippen LogP contribution in [0.2, 0.25) is 0 Å². The molecule has 0 bridgehead atoms. The van der Waals surface area contributed by atoms with Crippen LogP contribution in [0.3, 0.4) is 0 Å². The fourth-order valence-corrected chi connectivity index (χ4v) is 2.15. The molecule has 1 aliphatic rings. The van der Waals surface area contributed by atoms with Crippen LogP contribution >= 0.6 is 0 Å². The van der Waals surface area contributed by atoms with Gasteiger partial charge in [0.1, 0.15) is 0 Å². The van der Waals surface area contributed by atoms with Gasteiger partial charge in [0, 0.05) is 5.56 Å². The Labute approximate surface area is 115 Å². The molecular weight excluding hydrogens is 260 g/mol. The number of carbonyl (C=O) groups is 1. The van der Waals surface area contributed by atoms with Gasteiger partial charge in [-0.05, 0) is 41.5 Å². The highest BCUT2D eigenvalue weighted by Gasteiger charge is 2.34. The van der Waals surface area contributed by atoms with Gasteiger partial charge >= 0.3 is 5.97 Å². The van der Waals surface area contributed by atoms with E-state index in [-0.39, 0.29) is 0 Å². The number of fused-ring (bicyclic) bond motifs is 1. The molecular formula is C13H14N4O3. The number of aromatic nitrogens is 4. The molecule has 0 saturated carbocycles. The van der Waals surface area contributed by atoms with Crippen molar-refractivity contribution in [3.8, 4) is 11.4 Å². The van der Waals surface area contributed by atoms with E-state index in [1.54, 1.807) is 13.8 Å². The average Bonchev–Trinajstić information content (AvgIpc) is 3.06. The number of carboxylic acid groups (broad SMARTS) is 1. The predicted molar refractivity (Wildman–Crippen MR) is 68.7 cm³/mol. The Balaban J connectivity index is 2.08. The van der Waals surface area contributed by atoms with Crippen LogP contribution in [0.1, 0.15) is 25.0 Å². The Hall–Kier alpha value is -2.28. The number of benzene rings is 1. The van der Waals surface area contributed by atoms with Gasteiger partial charge in [-0.2, -0.15) is 0 Å². The van der Waals surface area contributed by atoms with Crippen LogP contribution in [0, 0.1) is 0 Å². The fraction of sp³-hybridized carbons (Fsp3) is 0.385. The lowest BCUT2D eigenvalue weighted by Gasteiger charge is -2.20. The third-order valence-electron chi connectivity index (χ3n) is 3.50. The summed E-state index contributed by atoms with van der Waals surface area (Å²) in [7, 11) is 0. The predicted octanol–water partition coefficient (Wildman–Crippen LogP) is 1.19. The third-order valence-corrected chi connectivity index (χ3v) is 3.50. The summed E-state index contributed by atoms with van der Waals surface area (Å²) in [5.41, 5.74) is 1.80. The van der Waals surface area contributed by atoms with E-state index < -0.39 is 11.5 Å². The molecule has 1 aromatic carbocycles. The van der Waals surface area contributed by atoms with Crippen LogP contribution in [0.5, 0.6) is 0 Å². The Morgan fingerprint density at radius 3 is 2.85 bits per heavy atom. The number of aliphatic carboxylic acids is 1. The van der Waals surface area contributed by atoms with Crippen molar-refractivity contribution in [2.75, 3.05) is 0 Å². The van der Waals surface area contributed by atoms with Gasteiger partial charge in [-0.25, -0.2) is 9.48 Å². The SMILES string of the molecule is CC(C)(C(=O)O)n1nnnc1-c1ccc2c(c1)COC2. The van der Waals surface area contributed by atoms with Crippen molar-refractivity contribution in [1.29, 1.82) is 0 Å². The van der Waals surface area contributed by atoms with Crippen molar-refractivity contribution in [3.63, 3.8) is 0 Å². The average molecular weight is 274 g/mol. The topological polar surface area (TPSA) is 90.1 Å². The molecule has 2 aromatic rings. The van der Waals surface area contributed by atoms with Crippen molar-refractivity contribution in [2.24, 2.45) is 0 Å². The van der Waals surface area contributed by atoms with Crippen molar-refractivity contribution >= 4 is 5.97 Å². The number of rotatable bonds is 3. The second kappa shape index (κ2) is 4.38. The quantitative estimate of drug-likeness (QED) is 0.904. The van der Waals surface area contributed by atoms with E-state index in [1.165, 1.54) is 4.68 Å². The second-order valence-corrected chi connectivity index (χ2v) is 5.25. The van der Waals surface area contributed by atoms with Gasteiger partial charge in [-0.3, -0.25) is 0 Å². The van der Waals surface area contributed by atoms with Gasteiger partial charge in [-0.15, -0.1) is 5.10 Å². The van der Waals surface area contributed by atoms with Crippen LogP contribution in [0.4, 0.5) is 0 Å². The molecule has 0 radical (unpaired) electrons. The first-order valence-corrected chi connectivity index (χ1v) is 6.22. The summed E-state index contributed by atoms with van der Waals surface area (Å²) in [6, 6.07) is 5.79. The second-order valence-electron chi connectivity index (χ2n) is 5.25. The normalized spacial score (nSPS) is 14.3. The Kier molecular flexibility index (Phi) is 2.79. The highest BCUT2D eigenvalue weighted by Crippen LogP contribution is 2.28. The van der Waals surface area contributed by atoms with Crippen LogP contribution < -0.4 is 0 Å². The lowest BCUT2D eigenvalue weighted by molar-refractivity contribution is -0.146. The van der Waals surface area contributed by atoms with Crippen LogP contribution in [-0.2, 0) is 28.3 Å². The number of carboxylic acids is 1. The summed E-state index contributed by atoms with van der Waals surface area (Å²) < 4.78 is 6.70. The van der Waals surface area contributed by atoms with Crippen molar-refractivity contribution in [3.05, 3.63) is 29.3 Å². The van der Waals surface area contributed by atoms with Crippen LogP contribution in [0.15, 0.2) is 18.2 Å². The minimum atomic E-state index is -1.21.